The van der Waals surface area contributed by atoms with Crippen molar-refractivity contribution in [2.45, 2.75) is 19.8 Å². The third-order valence-electron chi connectivity index (χ3n) is 2.82. The number of rotatable bonds is 3. The molecular weight excluding hydrogens is 186 g/mol. The molecule has 0 aromatic heterocycles. The summed E-state index contributed by atoms with van der Waals surface area (Å²) in [5.41, 5.74) is 0. The topological polar surface area (TPSA) is 46.2 Å². The van der Waals surface area contributed by atoms with Crippen LogP contribution in [0, 0.1) is 11.8 Å². The Morgan fingerprint density at radius 1 is 1.46 bits per heavy atom. The quantitative estimate of drug-likeness (QED) is 0.736. The van der Waals surface area contributed by atoms with Crippen molar-refractivity contribution in [2.24, 2.45) is 11.8 Å². The molecule has 1 aliphatic rings. The molecule has 1 N–H and O–H groups in total. The minimum atomic E-state index is -2.77. The highest BCUT2D eigenvalue weighted by Gasteiger charge is 2.21. The minimum absolute atomic E-state index is 0.349. The van der Waals surface area contributed by atoms with Crippen LogP contribution in [-0.2, 0) is 9.84 Å². The summed E-state index contributed by atoms with van der Waals surface area (Å²) in [6.45, 7) is 4.27. The Morgan fingerprint density at radius 3 is 2.69 bits per heavy atom. The van der Waals surface area contributed by atoms with Gasteiger partial charge in [0.1, 0.15) is 9.84 Å². The molecule has 78 valence electrons. The molecule has 1 saturated heterocycles. The molecule has 0 bridgehead atoms. The van der Waals surface area contributed by atoms with Crippen molar-refractivity contribution in [1.29, 1.82) is 0 Å². The van der Waals surface area contributed by atoms with Gasteiger partial charge >= 0.3 is 0 Å². The standard InChI is InChI=1S/C9H19NO2S/c1-8-7-10-5-3-9(8)4-6-13(2,11)12/h8-10H,3-7H2,1-2H3. The average Bonchev–Trinajstić information content (AvgIpc) is 2.01. The van der Waals surface area contributed by atoms with Crippen LogP contribution in [-0.4, -0.2) is 33.5 Å². The summed E-state index contributed by atoms with van der Waals surface area (Å²) in [6.07, 6.45) is 3.27. The number of hydrogen-bond donors (Lipinski definition) is 1. The highest BCUT2D eigenvalue weighted by molar-refractivity contribution is 7.90. The maximum Gasteiger partial charge on any atom is 0.147 e. The van der Waals surface area contributed by atoms with E-state index in [1.165, 1.54) is 6.26 Å². The predicted molar refractivity (Wildman–Crippen MR) is 54.5 cm³/mol. The molecule has 0 radical (unpaired) electrons. The lowest BCUT2D eigenvalue weighted by Gasteiger charge is -2.29. The van der Waals surface area contributed by atoms with Gasteiger partial charge in [-0.2, -0.15) is 0 Å². The van der Waals surface area contributed by atoms with Gasteiger partial charge in [-0.05, 0) is 37.8 Å². The Balaban J connectivity index is 2.35. The highest BCUT2D eigenvalue weighted by atomic mass is 32.2. The smallest absolute Gasteiger partial charge is 0.147 e. The van der Waals surface area contributed by atoms with E-state index in [4.69, 9.17) is 0 Å². The fraction of sp³-hybridized carbons (Fsp3) is 1.00. The van der Waals surface area contributed by atoms with E-state index in [0.29, 0.717) is 17.6 Å². The second-order valence-corrected chi connectivity index (χ2v) is 6.41. The molecule has 0 spiro atoms. The van der Waals surface area contributed by atoms with Crippen molar-refractivity contribution >= 4 is 9.84 Å². The van der Waals surface area contributed by atoms with Crippen LogP contribution < -0.4 is 5.32 Å². The zero-order valence-electron chi connectivity index (χ0n) is 8.41. The molecule has 4 heteroatoms. The molecule has 1 heterocycles. The van der Waals surface area contributed by atoms with Crippen LogP contribution in [0.3, 0.4) is 0 Å². The van der Waals surface area contributed by atoms with Crippen LogP contribution in [0.25, 0.3) is 0 Å². The molecule has 0 amide bonds. The van der Waals surface area contributed by atoms with E-state index in [1.807, 2.05) is 0 Å². The van der Waals surface area contributed by atoms with Gasteiger partial charge in [0.2, 0.25) is 0 Å². The van der Waals surface area contributed by atoms with Crippen LogP contribution in [0.2, 0.25) is 0 Å². The second kappa shape index (κ2) is 4.42. The Labute approximate surface area is 80.8 Å². The lowest BCUT2D eigenvalue weighted by molar-refractivity contribution is 0.267. The molecule has 3 nitrogen and oxygen atoms in total. The van der Waals surface area contributed by atoms with Crippen molar-refractivity contribution in [3.05, 3.63) is 0 Å². The SMILES string of the molecule is CC1CNCCC1CCS(C)(=O)=O. The third kappa shape index (κ3) is 4.09. The van der Waals surface area contributed by atoms with Crippen molar-refractivity contribution in [1.82, 2.24) is 5.32 Å². The van der Waals surface area contributed by atoms with Crippen molar-refractivity contribution in [2.75, 3.05) is 25.1 Å². The molecule has 0 aromatic rings. The minimum Gasteiger partial charge on any atom is -0.316 e. The van der Waals surface area contributed by atoms with Gasteiger partial charge in [0.05, 0.1) is 5.75 Å². The maximum atomic E-state index is 11.0. The van der Waals surface area contributed by atoms with Gasteiger partial charge in [0.15, 0.2) is 0 Å². The van der Waals surface area contributed by atoms with E-state index in [1.54, 1.807) is 0 Å². The molecule has 1 aliphatic heterocycles. The first-order valence-electron chi connectivity index (χ1n) is 4.87. The van der Waals surface area contributed by atoms with Gasteiger partial charge in [0.25, 0.3) is 0 Å². The molecule has 2 atom stereocenters. The first kappa shape index (κ1) is 11.0. The van der Waals surface area contributed by atoms with E-state index >= 15 is 0 Å². The molecule has 13 heavy (non-hydrogen) atoms. The van der Waals surface area contributed by atoms with Gasteiger partial charge in [-0.1, -0.05) is 6.92 Å². The van der Waals surface area contributed by atoms with Crippen LogP contribution in [0.4, 0.5) is 0 Å². The summed E-state index contributed by atoms with van der Waals surface area (Å²) < 4.78 is 21.9. The van der Waals surface area contributed by atoms with Gasteiger partial charge in [0, 0.05) is 6.26 Å². The highest BCUT2D eigenvalue weighted by Crippen LogP contribution is 2.22. The number of hydrogen-bond acceptors (Lipinski definition) is 3. The summed E-state index contributed by atoms with van der Waals surface area (Å²) in [4.78, 5) is 0. The predicted octanol–water partition coefficient (Wildman–Crippen LogP) is 0.667. The summed E-state index contributed by atoms with van der Waals surface area (Å²) >= 11 is 0. The monoisotopic (exact) mass is 205 g/mol. The average molecular weight is 205 g/mol. The molecule has 0 saturated carbocycles. The van der Waals surface area contributed by atoms with Crippen molar-refractivity contribution in [3.63, 3.8) is 0 Å². The van der Waals surface area contributed by atoms with E-state index in [9.17, 15) is 8.42 Å². The van der Waals surface area contributed by atoms with E-state index < -0.39 is 9.84 Å². The summed E-state index contributed by atoms with van der Waals surface area (Å²) in [5.74, 6) is 1.56. The lowest BCUT2D eigenvalue weighted by atomic mass is 9.86. The number of sulfone groups is 1. The number of nitrogens with one attached hydrogen (secondary N) is 1. The third-order valence-corrected chi connectivity index (χ3v) is 3.80. The Kier molecular flexibility index (Phi) is 3.74. The molecule has 2 unspecified atom stereocenters. The second-order valence-electron chi connectivity index (χ2n) is 4.15. The zero-order valence-corrected chi connectivity index (χ0v) is 9.23. The van der Waals surface area contributed by atoms with Crippen LogP contribution in [0.15, 0.2) is 0 Å². The Bertz CT molecular complexity index is 248. The van der Waals surface area contributed by atoms with Crippen LogP contribution in [0.1, 0.15) is 19.8 Å². The molecular formula is C9H19NO2S. The lowest BCUT2D eigenvalue weighted by Crippen LogP contribution is -2.35. The fourth-order valence-corrected chi connectivity index (χ4v) is 2.59. The van der Waals surface area contributed by atoms with Gasteiger partial charge < -0.3 is 5.32 Å². The zero-order chi connectivity index (χ0) is 9.90. The summed E-state index contributed by atoms with van der Waals surface area (Å²) in [7, 11) is -2.77. The first-order chi connectivity index (χ1) is 5.99. The van der Waals surface area contributed by atoms with Gasteiger partial charge in [-0.25, -0.2) is 8.42 Å². The van der Waals surface area contributed by atoms with Crippen molar-refractivity contribution in [3.8, 4) is 0 Å². The summed E-state index contributed by atoms with van der Waals surface area (Å²) in [6, 6.07) is 0. The van der Waals surface area contributed by atoms with Crippen molar-refractivity contribution < 1.29 is 8.42 Å². The van der Waals surface area contributed by atoms with E-state index in [2.05, 4.69) is 12.2 Å². The molecule has 0 aliphatic carbocycles. The van der Waals surface area contributed by atoms with Crippen LogP contribution in [0.5, 0.6) is 0 Å². The fourth-order valence-electron chi connectivity index (χ4n) is 1.86. The Morgan fingerprint density at radius 2 is 2.15 bits per heavy atom. The van der Waals surface area contributed by atoms with Gasteiger partial charge in [-0.3, -0.25) is 0 Å². The van der Waals surface area contributed by atoms with E-state index in [-0.39, 0.29) is 0 Å². The Hall–Kier alpha value is -0.0900. The largest absolute Gasteiger partial charge is 0.316 e. The number of piperidine rings is 1. The molecule has 1 rings (SSSR count). The van der Waals surface area contributed by atoms with Crippen LogP contribution >= 0.6 is 0 Å². The molecule has 1 fully saturated rings. The first-order valence-corrected chi connectivity index (χ1v) is 6.93. The summed E-state index contributed by atoms with van der Waals surface area (Å²) in [5, 5.41) is 3.31. The van der Waals surface area contributed by atoms with E-state index in [0.717, 1.165) is 25.9 Å². The van der Waals surface area contributed by atoms with Gasteiger partial charge in [-0.15, -0.1) is 0 Å². The normalized spacial score (nSPS) is 30.3. The molecule has 0 aromatic carbocycles. The maximum absolute atomic E-state index is 11.0.